The number of aliphatic carboxylic acids is 1. The molecule has 1 saturated heterocycles. The number of anilines is 1. The predicted molar refractivity (Wildman–Crippen MR) is 88.2 cm³/mol. The Labute approximate surface area is 152 Å². The minimum atomic E-state index is -5.08. The molecule has 27 heavy (non-hydrogen) atoms. The first-order chi connectivity index (χ1) is 12.8. The Morgan fingerprint density at radius 2 is 1.89 bits per heavy atom. The number of carbonyl (C=O) groups is 1. The minimum absolute atomic E-state index is 0.296. The molecule has 1 N–H and O–H groups in total. The lowest BCUT2D eigenvalue weighted by molar-refractivity contribution is -0.192. The van der Waals surface area contributed by atoms with E-state index in [1.165, 1.54) is 6.42 Å². The number of ether oxygens (including phenoxy) is 1. The van der Waals surface area contributed by atoms with Crippen LogP contribution in [0.2, 0.25) is 0 Å². The van der Waals surface area contributed by atoms with E-state index in [-0.39, 0.29) is 0 Å². The van der Waals surface area contributed by atoms with Crippen LogP contribution in [0.25, 0.3) is 0 Å². The molecule has 2 aliphatic rings. The molecule has 0 radical (unpaired) electrons. The number of alkyl halides is 3. The van der Waals surface area contributed by atoms with Crippen LogP contribution in [0, 0.1) is 5.92 Å². The molecular weight excluding hydrogens is 365 g/mol. The summed E-state index contributed by atoms with van der Waals surface area (Å²) in [6, 6.07) is 6.24. The van der Waals surface area contributed by atoms with E-state index >= 15 is 0 Å². The fourth-order valence-electron chi connectivity index (χ4n) is 3.33. The smallest absolute Gasteiger partial charge is 0.488 e. The Morgan fingerprint density at radius 3 is 2.41 bits per heavy atom. The number of piperidine rings is 1. The van der Waals surface area contributed by atoms with Crippen molar-refractivity contribution in [2.45, 2.75) is 31.2 Å². The van der Waals surface area contributed by atoms with Gasteiger partial charge in [-0.3, -0.25) is 4.98 Å². The first-order valence-electron chi connectivity index (χ1n) is 8.25. The number of carboxylic acid groups (broad SMARTS) is 1. The lowest BCUT2D eigenvalue weighted by Gasteiger charge is -2.31. The van der Waals surface area contributed by atoms with Crippen molar-refractivity contribution in [3.8, 4) is 5.75 Å². The molecule has 1 aliphatic heterocycles. The number of carboxylic acids is 1. The zero-order chi connectivity index (χ0) is 19.4. The van der Waals surface area contributed by atoms with Gasteiger partial charge in [0.05, 0.1) is 6.20 Å². The molecule has 3 atom stereocenters. The highest BCUT2D eigenvalue weighted by molar-refractivity contribution is 5.73. The third-order valence-corrected chi connectivity index (χ3v) is 4.45. The quantitative estimate of drug-likeness (QED) is 0.873. The van der Waals surface area contributed by atoms with Crippen molar-refractivity contribution < 1.29 is 27.8 Å². The molecule has 1 aliphatic carbocycles. The van der Waals surface area contributed by atoms with Crippen LogP contribution in [0.4, 0.5) is 19.1 Å². The highest BCUT2D eigenvalue weighted by Gasteiger charge is 2.46. The number of halogens is 3. The molecule has 7 nitrogen and oxygen atoms in total. The molecule has 0 spiro atoms. The Bertz CT molecular complexity index is 761. The Balaban J connectivity index is 0.000000260. The number of fused-ring (bicyclic) bond motifs is 2. The van der Waals surface area contributed by atoms with Crippen molar-refractivity contribution in [3.63, 3.8) is 0 Å². The number of nitrogens with zero attached hydrogens (tertiary/aromatic N) is 4. The number of aromatic nitrogens is 3. The van der Waals surface area contributed by atoms with Crippen molar-refractivity contribution in [2.75, 3.05) is 11.4 Å². The van der Waals surface area contributed by atoms with E-state index in [4.69, 9.17) is 14.6 Å². The van der Waals surface area contributed by atoms with Gasteiger partial charge in [0, 0.05) is 43.5 Å². The normalized spacial score (nSPS) is 23.5. The van der Waals surface area contributed by atoms with Gasteiger partial charge in [-0.15, -0.1) is 0 Å². The molecule has 2 bridgehead atoms. The number of rotatable bonds is 3. The van der Waals surface area contributed by atoms with Crippen LogP contribution < -0.4 is 9.64 Å². The van der Waals surface area contributed by atoms with E-state index in [1.54, 1.807) is 24.8 Å². The summed E-state index contributed by atoms with van der Waals surface area (Å²) in [5.41, 5.74) is 0. The van der Waals surface area contributed by atoms with Crippen LogP contribution in [0.5, 0.6) is 5.75 Å². The molecular formula is C17H17F3N4O3. The molecule has 1 saturated carbocycles. The Kier molecular flexibility index (Phi) is 5.43. The largest absolute Gasteiger partial charge is 0.490 e. The second-order valence-corrected chi connectivity index (χ2v) is 6.23. The predicted octanol–water partition coefficient (Wildman–Crippen LogP) is 2.55. The summed E-state index contributed by atoms with van der Waals surface area (Å²) in [5.74, 6) is -0.482. The van der Waals surface area contributed by atoms with E-state index in [2.05, 4.69) is 19.9 Å². The van der Waals surface area contributed by atoms with Gasteiger partial charge >= 0.3 is 12.1 Å². The Hall–Kier alpha value is -2.91. The summed E-state index contributed by atoms with van der Waals surface area (Å²) in [6.07, 6.45) is 4.58. The number of hydrogen-bond acceptors (Lipinski definition) is 6. The maximum Gasteiger partial charge on any atom is 0.490 e. The van der Waals surface area contributed by atoms with Gasteiger partial charge in [-0.25, -0.2) is 14.8 Å². The number of pyridine rings is 1. The summed E-state index contributed by atoms with van der Waals surface area (Å²) in [6.45, 7) is 0.986. The molecule has 2 aromatic rings. The maximum atomic E-state index is 10.6. The topological polar surface area (TPSA) is 88.4 Å². The van der Waals surface area contributed by atoms with E-state index in [0.717, 1.165) is 24.7 Å². The van der Waals surface area contributed by atoms with E-state index < -0.39 is 12.1 Å². The molecule has 0 aromatic carbocycles. The Morgan fingerprint density at radius 1 is 1.19 bits per heavy atom. The minimum Gasteiger partial charge on any atom is -0.488 e. The summed E-state index contributed by atoms with van der Waals surface area (Å²) >= 11 is 0. The molecule has 2 unspecified atom stereocenters. The second kappa shape index (κ2) is 7.77. The van der Waals surface area contributed by atoms with Gasteiger partial charge in [0.15, 0.2) is 0 Å². The van der Waals surface area contributed by atoms with Crippen molar-refractivity contribution in [3.05, 3.63) is 43.0 Å². The van der Waals surface area contributed by atoms with Crippen LogP contribution in [0.15, 0.2) is 43.0 Å². The van der Waals surface area contributed by atoms with Gasteiger partial charge in [-0.05, 0) is 24.6 Å². The third-order valence-electron chi connectivity index (χ3n) is 4.45. The van der Waals surface area contributed by atoms with Crippen LogP contribution in [0.3, 0.4) is 0 Å². The molecule has 10 heteroatoms. The van der Waals surface area contributed by atoms with Gasteiger partial charge in [0.25, 0.3) is 0 Å². The molecule has 2 aromatic heterocycles. The molecule has 144 valence electrons. The second-order valence-electron chi connectivity index (χ2n) is 6.23. The highest BCUT2D eigenvalue weighted by atomic mass is 19.4. The molecule has 3 heterocycles. The van der Waals surface area contributed by atoms with Gasteiger partial charge in [-0.1, -0.05) is 0 Å². The van der Waals surface area contributed by atoms with Gasteiger partial charge in [0.2, 0.25) is 5.95 Å². The molecule has 0 amide bonds. The van der Waals surface area contributed by atoms with Gasteiger partial charge in [0.1, 0.15) is 11.9 Å². The summed E-state index contributed by atoms with van der Waals surface area (Å²) < 4.78 is 37.8. The SMILES string of the molecule is O=C(O)C(F)(F)F.c1cnc(N2CC3CC2C[C@@H]3Oc2cccnc2)nc1. The average molecular weight is 382 g/mol. The van der Waals surface area contributed by atoms with Crippen LogP contribution in [-0.2, 0) is 4.79 Å². The number of hydrogen-bond donors (Lipinski definition) is 1. The lowest BCUT2D eigenvalue weighted by Crippen LogP contribution is -2.40. The van der Waals surface area contributed by atoms with Crippen LogP contribution >= 0.6 is 0 Å². The first-order valence-corrected chi connectivity index (χ1v) is 8.25. The van der Waals surface area contributed by atoms with Crippen molar-refractivity contribution >= 4 is 11.9 Å². The summed E-state index contributed by atoms with van der Waals surface area (Å²) in [4.78, 5) is 24.0. The van der Waals surface area contributed by atoms with E-state index in [1.807, 2.05) is 18.2 Å². The van der Waals surface area contributed by atoms with Crippen LogP contribution in [-0.4, -0.2) is 50.9 Å². The fourth-order valence-corrected chi connectivity index (χ4v) is 3.33. The lowest BCUT2D eigenvalue weighted by atomic mass is 10.1. The van der Waals surface area contributed by atoms with E-state index in [9.17, 15) is 13.2 Å². The molecule has 4 rings (SSSR count). The standard InChI is InChI=1S/C15H16N4O.C2HF3O2/c1-3-13(9-16-4-1)20-14-8-12-7-11(14)10-19(12)15-17-5-2-6-18-15;3-2(4,5)1(6)7/h1-6,9,11-12,14H,7-8,10H2;(H,6,7)/t11?,12?,14-;/m0./s1. The van der Waals surface area contributed by atoms with E-state index in [0.29, 0.717) is 18.1 Å². The zero-order valence-corrected chi connectivity index (χ0v) is 14.1. The average Bonchev–Trinajstić information content (AvgIpc) is 3.23. The first kappa shape index (κ1) is 18.9. The van der Waals surface area contributed by atoms with Crippen molar-refractivity contribution in [2.24, 2.45) is 5.92 Å². The summed E-state index contributed by atoms with van der Waals surface area (Å²) in [5, 5.41) is 7.12. The monoisotopic (exact) mass is 382 g/mol. The maximum absolute atomic E-state index is 10.6. The highest BCUT2D eigenvalue weighted by Crippen LogP contribution is 2.40. The van der Waals surface area contributed by atoms with Crippen molar-refractivity contribution in [1.82, 2.24) is 15.0 Å². The fraction of sp³-hybridized carbons (Fsp3) is 0.412. The molecule has 2 fully saturated rings. The van der Waals surface area contributed by atoms with Crippen LogP contribution in [0.1, 0.15) is 12.8 Å². The zero-order valence-electron chi connectivity index (χ0n) is 14.1. The van der Waals surface area contributed by atoms with Crippen molar-refractivity contribution in [1.29, 1.82) is 0 Å². The van der Waals surface area contributed by atoms with Gasteiger partial charge < -0.3 is 14.7 Å². The third kappa shape index (κ3) is 4.63. The van der Waals surface area contributed by atoms with Gasteiger partial charge in [-0.2, -0.15) is 13.2 Å². The summed E-state index contributed by atoms with van der Waals surface area (Å²) in [7, 11) is 0.